The molecule has 0 unspecified atom stereocenters. The minimum atomic E-state index is -0.164. The number of benzene rings is 1. The Morgan fingerprint density at radius 3 is 2.17 bits per heavy atom. The van der Waals surface area contributed by atoms with Gasteiger partial charge in [0, 0.05) is 11.8 Å². The predicted molar refractivity (Wildman–Crippen MR) is 89.0 cm³/mol. The molecule has 2 aromatic rings. The number of ether oxygens (including phenoxy) is 3. The largest absolute Gasteiger partial charge is 0.481 e. The van der Waals surface area contributed by atoms with Crippen molar-refractivity contribution in [3.05, 3.63) is 35.9 Å². The molecule has 6 heteroatoms. The molecular formula is C17H21N3O3. The SMILES string of the molecule is COc1cc(OC)nc(Oc2ccccc2C=NC(C)(C)C)n1. The van der Waals surface area contributed by atoms with Gasteiger partial charge in [0.1, 0.15) is 5.75 Å². The van der Waals surface area contributed by atoms with Crippen LogP contribution in [-0.4, -0.2) is 35.9 Å². The molecule has 2 rings (SSSR count). The Labute approximate surface area is 136 Å². The number of nitrogens with zero attached hydrogens (tertiary/aromatic N) is 3. The van der Waals surface area contributed by atoms with Crippen LogP contribution in [0.1, 0.15) is 26.3 Å². The maximum absolute atomic E-state index is 5.79. The average Bonchev–Trinajstić information content (AvgIpc) is 2.53. The summed E-state index contributed by atoms with van der Waals surface area (Å²) < 4.78 is 16.0. The first-order chi connectivity index (χ1) is 10.9. The summed E-state index contributed by atoms with van der Waals surface area (Å²) in [5.74, 6) is 1.34. The number of hydrogen-bond donors (Lipinski definition) is 0. The highest BCUT2D eigenvalue weighted by atomic mass is 16.5. The van der Waals surface area contributed by atoms with Gasteiger partial charge in [-0.25, -0.2) is 0 Å². The molecule has 6 nitrogen and oxygen atoms in total. The van der Waals surface area contributed by atoms with Crippen molar-refractivity contribution >= 4 is 6.21 Å². The van der Waals surface area contributed by atoms with E-state index in [1.54, 1.807) is 12.3 Å². The van der Waals surface area contributed by atoms with Gasteiger partial charge in [-0.05, 0) is 32.9 Å². The van der Waals surface area contributed by atoms with Crippen LogP contribution >= 0.6 is 0 Å². The molecule has 0 amide bonds. The highest BCUT2D eigenvalue weighted by Crippen LogP contribution is 2.25. The van der Waals surface area contributed by atoms with E-state index in [4.69, 9.17) is 14.2 Å². The van der Waals surface area contributed by atoms with Crippen LogP contribution in [0, 0.1) is 0 Å². The summed E-state index contributed by atoms with van der Waals surface area (Å²) >= 11 is 0. The van der Waals surface area contributed by atoms with Crippen LogP contribution in [0.3, 0.4) is 0 Å². The molecule has 0 aliphatic heterocycles. The summed E-state index contributed by atoms with van der Waals surface area (Å²) in [4.78, 5) is 12.8. The second kappa shape index (κ2) is 7.09. The molecule has 0 spiro atoms. The summed E-state index contributed by atoms with van der Waals surface area (Å²) in [6.45, 7) is 6.09. The highest BCUT2D eigenvalue weighted by molar-refractivity contribution is 5.83. The molecule has 0 N–H and O–H groups in total. The van der Waals surface area contributed by atoms with Gasteiger partial charge in [0.25, 0.3) is 0 Å². The number of methoxy groups -OCH3 is 2. The van der Waals surface area contributed by atoms with E-state index in [0.717, 1.165) is 5.56 Å². The maximum atomic E-state index is 5.79. The van der Waals surface area contributed by atoms with Crippen molar-refractivity contribution in [3.8, 4) is 23.5 Å². The summed E-state index contributed by atoms with van der Waals surface area (Å²) in [5.41, 5.74) is 0.677. The van der Waals surface area contributed by atoms with E-state index >= 15 is 0 Å². The van der Waals surface area contributed by atoms with Crippen molar-refractivity contribution in [1.29, 1.82) is 0 Å². The highest BCUT2D eigenvalue weighted by Gasteiger charge is 2.11. The van der Waals surface area contributed by atoms with Crippen molar-refractivity contribution in [2.75, 3.05) is 14.2 Å². The monoisotopic (exact) mass is 315 g/mol. The summed E-state index contributed by atoms with van der Waals surface area (Å²) in [6, 6.07) is 9.28. The maximum Gasteiger partial charge on any atom is 0.328 e. The Morgan fingerprint density at radius 1 is 1.00 bits per heavy atom. The molecule has 0 bridgehead atoms. The van der Waals surface area contributed by atoms with Crippen molar-refractivity contribution in [2.24, 2.45) is 4.99 Å². The minimum absolute atomic E-state index is 0.151. The van der Waals surface area contributed by atoms with E-state index in [9.17, 15) is 0 Å². The number of aromatic nitrogens is 2. The summed E-state index contributed by atoms with van der Waals surface area (Å²) in [5, 5.41) is 0. The summed E-state index contributed by atoms with van der Waals surface area (Å²) in [7, 11) is 3.05. The van der Waals surface area contributed by atoms with Crippen LogP contribution in [-0.2, 0) is 0 Å². The van der Waals surface area contributed by atoms with Gasteiger partial charge < -0.3 is 14.2 Å². The van der Waals surface area contributed by atoms with Crippen molar-refractivity contribution in [3.63, 3.8) is 0 Å². The lowest BCUT2D eigenvalue weighted by Gasteiger charge is -2.12. The van der Waals surface area contributed by atoms with Crippen LogP contribution < -0.4 is 14.2 Å². The van der Waals surface area contributed by atoms with Gasteiger partial charge in [0.2, 0.25) is 11.8 Å². The van der Waals surface area contributed by atoms with Gasteiger partial charge in [-0.1, -0.05) is 12.1 Å². The molecule has 0 saturated carbocycles. The third-order valence-electron chi connectivity index (χ3n) is 2.79. The zero-order chi connectivity index (χ0) is 16.9. The van der Waals surface area contributed by atoms with Crippen molar-refractivity contribution < 1.29 is 14.2 Å². The zero-order valence-electron chi connectivity index (χ0n) is 14.0. The molecule has 0 radical (unpaired) electrons. The van der Waals surface area contributed by atoms with Gasteiger partial charge in [0.05, 0.1) is 25.8 Å². The van der Waals surface area contributed by atoms with E-state index in [0.29, 0.717) is 17.5 Å². The zero-order valence-corrected chi connectivity index (χ0v) is 14.0. The molecule has 0 aliphatic rings. The molecule has 0 atom stereocenters. The van der Waals surface area contributed by atoms with Gasteiger partial charge in [-0.2, -0.15) is 9.97 Å². The van der Waals surface area contributed by atoms with Crippen molar-refractivity contribution in [2.45, 2.75) is 26.3 Å². The van der Waals surface area contributed by atoms with E-state index in [2.05, 4.69) is 15.0 Å². The van der Waals surface area contributed by atoms with Crippen LogP contribution in [0.15, 0.2) is 35.3 Å². The normalized spacial score (nSPS) is 11.5. The van der Waals surface area contributed by atoms with E-state index in [1.807, 2.05) is 45.0 Å². The molecule has 1 aromatic carbocycles. The molecular weight excluding hydrogens is 294 g/mol. The Hall–Kier alpha value is -2.63. The van der Waals surface area contributed by atoms with Crippen LogP contribution in [0.5, 0.6) is 23.5 Å². The first-order valence-corrected chi connectivity index (χ1v) is 7.20. The summed E-state index contributed by atoms with van der Waals surface area (Å²) in [6.07, 6.45) is 1.78. The minimum Gasteiger partial charge on any atom is -0.481 e. The average molecular weight is 315 g/mol. The van der Waals surface area contributed by atoms with Crippen LogP contribution in [0.25, 0.3) is 0 Å². The first-order valence-electron chi connectivity index (χ1n) is 7.20. The molecule has 1 aromatic heterocycles. The lowest BCUT2D eigenvalue weighted by Crippen LogP contribution is -2.09. The first kappa shape index (κ1) is 16.7. The van der Waals surface area contributed by atoms with E-state index in [1.165, 1.54) is 14.2 Å². The predicted octanol–water partition coefficient (Wildman–Crippen LogP) is 3.50. The molecule has 0 aliphatic carbocycles. The Balaban J connectivity index is 2.32. The molecule has 122 valence electrons. The van der Waals surface area contributed by atoms with Crippen molar-refractivity contribution in [1.82, 2.24) is 9.97 Å². The molecule has 0 saturated heterocycles. The number of hydrogen-bond acceptors (Lipinski definition) is 6. The fourth-order valence-electron chi connectivity index (χ4n) is 1.68. The second-order valence-corrected chi connectivity index (χ2v) is 5.80. The fraction of sp³-hybridized carbons (Fsp3) is 0.353. The Bertz CT molecular complexity index is 671. The van der Waals surface area contributed by atoms with E-state index < -0.39 is 0 Å². The number of rotatable bonds is 5. The Morgan fingerprint density at radius 2 is 1.61 bits per heavy atom. The quantitative estimate of drug-likeness (QED) is 0.790. The lowest BCUT2D eigenvalue weighted by molar-refractivity contribution is 0.348. The molecule has 23 heavy (non-hydrogen) atoms. The molecule has 1 heterocycles. The van der Waals surface area contributed by atoms with Gasteiger partial charge in [-0.15, -0.1) is 0 Å². The van der Waals surface area contributed by atoms with Gasteiger partial charge in [0.15, 0.2) is 0 Å². The third-order valence-corrected chi connectivity index (χ3v) is 2.79. The number of aliphatic imine (C=N–C) groups is 1. The van der Waals surface area contributed by atoms with Crippen LogP contribution in [0.4, 0.5) is 0 Å². The smallest absolute Gasteiger partial charge is 0.328 e. The van der Waals surface area contributed by atoms with Crippen LogP contribution in [0.2, 0.25) is 0 Å². The fourth-order valence-corrected chi connectivity index (χ4v) is 1.68. The Kier molecular flexibility index (Phi) is 5.16. The third kappa shape index (κ3) is 4.95. The van der Waals surface area contributed by atoms with Gasteiger partial charge in [-0.3, -0.25) is 4.99 Å². The standard InChI is InChI=1S/C17H21N3O3/c1-17(2,3)18-11-12-8-6-7-9-13(12)23-16-19-14(21-4)10-15(20-16)22-5/h6-11H,1-5H3. The topological polar surface area (TPSA) is 65.8 Å². The second-order valence-electron chi connectivity index (χ2n) is 5.80. The molecule has 0 fully saturated rings. The van der Waals surface area contributed by atoms with E-state index in [-0.39, 0.29) is 11.5 Å². The number of para-hydroxylation sites is 1. The van der Waals surface area contributed by atoms with Gasteiger partial charge >= 0.3 is 6.01 Å². The lowest BCUT2D eigenvalue weighted by atomic mass is 10.1.